The third-order valence-electron chi connectivity index (χ3n) is 10.2. The first-order valence-corrected chi connectivity index (χ1v) is 19.8. The number of ketones is 1. The van der Waals surface area contributed by atoms with Gasteiger partial charge in [-0.15, -0.1) is 0 Å². The van der Waals surface area contributed by atoms with Gasteiger partial charge in [0, 0.05) is 24.9 Å². The average Bonchev–Trinajstić information content (AvgIpc) is 3.89. The minimum atomic E-state index is -4.86. The smallest absolute Gasteiger partial charge is 0.432 e. The number of Topliss-reactive ketones (excluding diaryl/α,β-unsaturated/α-hetero) is 1. The lowest BCUT2D eigenvalue weighted by Gasteiger charge is -2.37. The van der Waals surface area contributed by atoms with Gasteiger partial charge in [0.15, 0.2) is 0 Å². The summed E-state index contributed by atoms with van der Waals surface area (Å²) in [4.78, 5) is 95.0. The molecule has 4 N–H and O–H groups in total. The number of carbonyl (C=O) groups is 6. The molecule has 3 aliphatic rings. The van der Waals surface area contributed by atoms with Gasteiger partial charge in [-0.1, -0.05) is 66.0 Å². The van der Waals surface area contributed by atoms with Crippen molar-refractivity contribution in [3.05, 3.63) is 48.7 Å². The zero-order chi connectivity index (χ0) is 42.8. The van der Waals surface area contributed by atoms with E-state index in [4.69, 9.17) is 4.74 Å². The molecule has 2 aliphatic carbocycles. The molecule has 2 heterocycles. The molecular weight excluding hydrogens is 761 g/mol. The van der Waals surface area contributed by atoms with Crippen LogP contribution in [0.3, 0.4) is 0 Å². The highest BCUT2D eigenvalue weighted by molar-refractivity contribution is 6.38. The van der Waals surface area contributed by atoms with Gasteiger partial charge in [0.25, 0.3) is 11.8 Å². The van der Waals surface area contributed by atoms with Crippen LogP contribution < -0.4 is 21.3 Å². The van der Waals surface area contributed by atoms with Crippen molar-refractivity contribution in [2.75, 3.05) is 6.54 Å². The second kappa shape index (κ2) is 20.0. The first-order chi connectivity index (χ1) is 27.3. The van der Waals surface area contributed by atoms with Crippen LogP contribution >= 0.6 is 0 Å². The molecule has 318 valence electrons. The van der Waals surface area contributed by atoms with E-state index in [0.29, 0.717) is 19.3 Å². The molecule has 3 unspecified atom stereocenters. The summed E-state index contributed by atoms with van der Waals surface area (Å²) in [6.07, 6.45) is 6.38. The molecule has 1 aromatic heterocycles. The van der Waals surface area contributed by atoms with Crippen LogP contribution in [0.1, 0.15) is 109 Å². The molecule has 18 heteroatoms. The number of ether oxygens (including phenoxy) is 1. The Labute approximate surface area is 336 Å². The summed E-state index contributed by atoms with van der Waals surface area (Å²) < 4.78 is 46.1. The van der Waals surface area contributed by atoms with Crippen molar-refractivity contribution in [3.63, 3.8) is 0 Å². The van der Waals surface area contributed by atoms with E-state index in [1.165, 1.54) is 37.7 Å². The average molecular weight is 817 g/mol. The van der Waals surface area contributed by atoms with Gasteiger partial charge in [-0.25, -0.2) is 9.98 Å². The van der Waals surface area contributed by atoms with E-state index in [1.54, 1.807) is 27.7 Å². The van der Waals surface area contributed by atoms with E-state index in [1.807, 2.05) is 0 Å². The minimum absolute atomic E-state index is 0.000958. The predicted molar refractivity (Wildman–Crippen MR) is 207 cm³/mol. The number of rotatable bonds is 16. The Morgan fingerprint density at radius 1 is 1.02 bits per heavy atom. The molecule has 0 radical (unpaired) electrons. The number of nitrogens with one attached hydrogen (secondary N) is 4. The fraction of sp³-hybridized carbons (Fsp3) is 0.625. The maximum absolute atomic E-state index is 14.8. The van der Waals surface area contributed by atoms with Gasteiger partial charge in [0.1, 0.15) is 35.6 Å². The number of aliphatic imine (C=N–C) groups is 1. The molecule has 1 saturated heterocycles. The van der Waals surface area contributed by atoms with Gasteiger partial charge < -0.3 is 30.9 Å². The molecule has 5 atom stereocenters. The highest BCUT2D eigenvalue weighted by Crippen LogP contribution is 2.31. The lowest BCUT2D eigenvalue weighted by Crippen LogP contribution is -2.62. The molecule has 3 fully saturated rings. The van der Waals surface area contributed by atoms with E-state index < -0.39 is 88.8 Å². The first kappa shape index (κ1) is 45.5. The van der Waals surface area contributed by atoms with Crippen LogP contribution in [-0.4, -0.2) is 105 Å². The minimum Gasteiger partial charge on any atom is -0.472 e. The third kappa shape index (κ3) is 12.7. The number of likely N-dealkylation sites (tertiary alicyclic amines) is 1. The Hall–Kier alpha value is -5.16. The molecule has 5 amide bonds. The van der Waals surface area contributed by atoms with Gasteiger partial charge in [0.2, 0.25) is 29.4 Å². The number of alkyl halides is 3. The second-order valence-electron chi connectivity index (χ2n) is 16.1. The van der Waals surface area contributed by atoms with E-state index in [9.17, 15) is 41.9 Å². The van der Waals surface area contributed by atoms with Crippen LogP contribution in [0, 0.1) is 11.3 Å². The molecule has 0 aromatic carbocycles. The third-order valence-corrected chi connectivity index (χ3v) is 10.2. The van der Waals surface area contributed by atoms with E-state index in [2.05, 4.69) is 42.8 Å². The Morgan fingerprint density at radius 3 is 2.28 bits per heavy atom. The van der Waals surface area contributed by atoms with Crippen LogP contribution in [0.5, 0.6) is 0 Å². The Morgan fingerprint density at radius 2 is 1.71 bits per heavy atom. The number of hydrogen-bond acceptors (Lipinski definition) is 10. The second-order valence-corrected chi connectivity index (χ2v) is 16.1. The molecule has 15 nitrogen and oxygen atoms in total. The molecule has 0 bridgehead atoms. The quantitative estimate of drug-likeness (QED) is 0.109. The lowest BCUT2D eigenvalue weighted by atomic mass is 9.82. The van der Waals surface area contributed by atoms with Crippen molar-refractivity contribution in [2.45, 2.75) is 141 Å². The first-order valence-electron chi connectivity index (χ1n) is 19.8. The fourth-order valence-electron chi connectivity index (χ4n) is 7.00. The van der Waals surface area contributed by atoms with Gasteiger partial charge in [-0.2, -0.15) is 13.2 Å². The van der Waals surface area contributed by atoms with Crippen molar-refractivity contribution >= 4 is 41.2 Å². The summed E-state index contributed by atoms with van der Waals surface area (Å²) in [6, 6.07) is -5.03. The summed E-state index contributed by atoms with van der Waals surface area (Å²) in [5.41, 5.74) is -2.41. The molecule has 2 saturated carbocycles. The summed E-state index contributed by atoms with van der Waals surface area (Å²) in [5, 5.41) is 10.9. The number of amides is 5. The van der Waals surface area contributed by atoms with E-state index in [-0.39, 0.29) is 37.0 Å². The van der Waals surface area contributed by atoms with Gasteiger partial charge in [-0.05, 0) is 56.4 Å². The number of nitrogens with zero attached hydrogens (tertiary/aromatic N) is 4. The maximum atomic E-state index is 14.8. The number of allylic oxidation sites excluding steroid dienone is 2. The highest BCUT2D eigenvalue weighted by atomic mass is 19.4. The summed E-state index contributed by atoms with van der Waals surface area (Å²) in [5.74, 6) is -5.18. The number of hydrogen-bond donors (Lipinski definition) is 4. The fourth-order valence-corrected chi connectivity index (χ4v) is 7.00. The number of halogens is 3. The van der Waals surface area contributed by atoms with Crippen molar-refractivity contribution in [3.8, 4) is 0 Å². The van der Waals surface area contributed by atoms with Crippen LogP contribution in [0.4, 0.5) is 13.2 Å². The number of carbonyl (C=O) groups excluding carboxylic acids is 6. The summed E-state index contributed by atoms with van der Waals surface area (Å²) in [7, 11) is 0. The molecule has 0 spiro atoms. The van der Waals surface area contributed by atoms with Crippen LogP contribution in [0.25, 0.3) is 0 Å². The molecular formula is C40H55F3N8O7. The lowest BCUT2D eigenvalue weighted by molar-refractivity contribution is -0.145. The van der Waals surface area contributed by atoms with Crippen LogP contribution in [0.2, 0.25) is 0 Å². The molecule has 1 aromatic rings. The normalized spacial score (nSPS) is 20.8. The van der Waals surface area contributed by atoms with Crippen LogP contribution in [0.15, 0.2) is 48.0 Å². The molecule has 1 aliphatic heterocycles. The standard InChI is InChI=1S/C40H55F3N8O7/c1-7-12-27(32(52)37(56)47-25-16-17-25)48-35(54)29-20-26(58-30(13-8-2)46-23(3)40(41,42)43)22-51(29)38(57)33(39(4,5)6)50-36(55)31(24-14-10-9-11-15-24)49-34(53)28-21-44-18-19-45-28/h8,13,18-19,21,24-27,29,31,33H,3,7,9-12,14-17,20,22H2,1-2,4-6H3,(H,47,56)(H,48,54)(H,49,53)(H,50,55)/b13-8-,46-30?/t26-,27?,29+,31?,33?/m0/s1. The van der Waals surface area contributed by atoms with Gasteiger partial charge in [-0.3, -0.25) is 33.8 Å². The molecule has 58 heavy (non-hydrogen) atoms. The zero-order valence-corrected chi connectivity index (χ0v) is 33.7. The van der Waals surface area contributed by atoms with Crippen molar-refractivity contribution < 1.29 is 46.7 Å². The van der Waals surface area contributed by atoms with Crippen molar-refractivity contribution in [1.82, 2.24) is 36.1 Å². The monoisotopic (exact) mass is 816 g/mol. The van der Waals surface area contributed by atoms with Crippen molar-refractivity contribution in [2.24, 2.45) is 16.3 Å². The molecule has 4 rings (SSSR count). The maximum Gasteiger partial charge on any atom is 0.432 e. The van der Waals surface area contributed by atoms with Crippen molar-refractivity contribution in [1.29, 1.82) is 0 Å². The van der Waals surface area contributed by atoms with E-state index in [0.717, 1.165) is 37.0 Å². The zero-order valence-electron chi connectivity index (χ0n) is 33.7. The number of aromatic nitrogens is 2. The Bertz CT molecular complexity index is 1740. The SMILES string of the molecule is C=C(N=C(/C=C\C)O[C@H]1C[C@H](C(=O)NC(CCC)C(=O)C(=O)NC2CC2)N(C(=O)C(NC(=O)C(NC(=O)c2cnccn2)C2CCCCC2)C(C)(C)C)C1)C(F)(F)F. The Kier molecular flexibility index (Phi) is 15.7. The predicted octanol–water partition coefficient (Wildman–Crippen LogP) is 3.86. The summed E-state index contributed by atoms with van der Waals surface area (Å²) in [6.45, 7) is 11.1. The topological polar surface area (TPSA) is 201 Å². The Balaban J connectivity index is 1.66. The van der Waals surface area contributed by atoms with Gasteiger partial charge in [0.05, 0.1) is 18.8 Å². The summed E-state index contributed by atoms with van der Waals surface area (Å²) >= 11 is 0. The van der Waals surface area contributed by atoms with Gasteiger partial charge >= 0.3 is 6.18 Å². The largest absolute Gasteiger partial charge is 0.472 e. The van der Waals surface area contributed by atoms with E-state index >= 15 is 0 Å². The highest BCUT2D eigenvalue weighted by Gasteiger charge is 2.47. The van der Waals surface area contributed by atoms with Crippen LogP contribution in [-0.2, 0) is 28.7 Å².